The van der Waals surface area contributed by atoms with Crippen LogP contribution in [0.4, 0.5) is 74.6 Å². The third-order valence-corrected chi connectivity index (χ3v) is 3.59. The predicted octanol–water partition coefficient (Wildman–Crippen LogP) is 6.94. The lowest BCUT2D eigenvalue weighted by atomic mass is 9.88. The van der Waals surface area contributed by atoms with E-state index < -0.39 is 60.0 Å². The van der Waals surface area contributed by atoms with Crippen LogP contribution in [0.1, 0.15) is 13.8 Å². The van der Waals surface area contributed by atoms with Gasteiger partial charge in [-0.25, -0.2) is 0 Å². The van der Waals surface area contributed by atoms with Gasteiger partial charge in [-0.05, 0) is 19.9 Å². The molecule has 0 heterocycles. The highest BCUT2D eigenvalue weighted by molar-refractivity contribution is 5.20. The third kappa shape index (κ3) is 3.76. The quantitative estimate of drug-likeness (QED) is 0.244. The average Bonchev–Trinajstić information content (AvgIpc) is 2.57. The van der Waals surface area contributed by atoms with Crippen LogP contribution < -0.4 is 0 Å². The fourth-order valence-electron chi connectivity index (χ4n) is 1.83. The minimum Gasteiger partial charge on any atom is -0.492 e. The number of hydrogen-bond donors (Lipinski definition) is 0. The van der Waals surface area contributed by atoms with Gasteiger partial charge in [0.05, 0.1) is 6.61 Å². The Morgan fingerprint density at radius 2 is 0.839 bits per heavy atom. The number of hydrogen-bond acceptors (Lipinski definition) is 1. The molecule has 0 N–H and O–H groups in total. The van der Waals surface area contributed by atoms with Crippen LogP contribution in [0, 0.1) is 0 Å². The molecule has 1 nitrogen and oxygen atoms in total. The minimum atomic E-state index is -8.64. The number of alkyl halides is 17. The summed E-state index contributed by atoms with van der Waals surface area (Å²) in [6, 6.07) is 0. The Labute approximate surface area is 160 Å². The Bertz CT molecular complexity index is 672. The summed E-state index contributed by atoms with van der Waals surface area (Å²) < 4.78 is 226. The molecule has 186 valence electrons. The molecule has 31 heavy (non-hydrogen) atoms. The molecule has 0 atom stereocenters. The molecule has 0 unspecified atom stereocenters. The van der Waals surface area contributed by atoms with Crippen molar-refractivity contribution in [3.63, 3.8) is 0 Å². The Morgan fingerprint density at radius 3 is 1.10 bits per heavy atom. The molecular weight excluding hydrogens is 495 g/mol. The normalized spacial score (nSPS) is 16.5. The zero-order valence-electron chi connectivity index (χ0n) is 14.6. The molecular formula is C13H9F17O. The number of allylic oxidation sites excluding steroid dienone is 2. The van der Waals surface area contributed by atoms with E-state index in [0.717, 1.165) is 6.92 Å². The van der Waals surface area contributed by atoms with Gasteiger partial charge in [-0.3, -0.25) is 0 Å². The van der Waals surface area contributed by atoms with Gasteiger partial charge in [0.2, 0.25) is 0 Å². The molecule has 0 saturated carbocycles. The molecule has 0 aliphatic heterocycles. The van der Waals surface area contributed by atoms with Crippen LogP contribution in [0.25, 0.3) is 0 Å². The van der Waals surface area contributed by atoms with Crippen molar-refractivity contribution < 1.29 is 79.4 Å². The largest absolute Gasteiger partial charge is 0.492 e. The number of rotatable bonds is 9. The molecule has 18 heteroatoms. The maximum atomic E-state index is 13.7. The van der Waals surface area contributed by atoms with Gasteiger partial charge in [-0.1, -0.05) is 0 Å². The van der Waals surface area contributed by atoms with Gasteiger partial charge in [0.25, 0.3) is 0 Å². The van der Waals surface area contributed by atoms with Gasteiger partial charge in [0.15, 0.2) is 5.76 Å². The highest BCUT2D eigenvalue weighted by Crippen LogP contribution is 2.64. The molecule has 0 aromatic heterocycles. The first-order valence-corrected chi connectivity index (χ1v) is 7.28. The van der Waals surface area contributed by atoms with Crippen molar-refractivity contribution >= 4 is 0 Å². The maximum absolute atomic E-state index is 13.7. The minimum absolute atomic E-state index is 0.240. The van der Waals surface area contributed by atoms with Gasteiger partial charge in [-0.15, -0.1) is 0 Å². The van der Waals surface area contributed by atoms with E-state index in [1.165, 1.54) is 0 Å². The molecule has 0 bridgehead atoms. The average molecular weight is 504 g/mol. The third-order valence-electron chi connectivity index (χ3n) is 3.59. The van der Waals surface area contributed by atoms with Gasteiger partial charge < -0.3 is 4.74 Å². The Kier molecular flexibility index (Phi) is 7.33. The lowest BCUT2D eigenvalue weighted by Gasteiger charge is -2.42. The van der Waals surface area contributed by atoms with Gasteiger partial charge in [0.1, 0.15) is 0 Å². The van der Waals surface area contributed by atoms with E-state index in [9.17, 15) is 74.6 Å². The van der Waals surface area contributed by atoms with Gasteiger partial charge in [-0.2, -0.15) is 74.6 Å². The molecule has 0 rings (SSSR count). The zero-order chi connectivity index (χ0) is 25.7. The first-order valence-electron chi connectivity index (χ1n) is 7.28. The summed E-state index contributed by atoms with van der Waals surface area (Å²) in [6.07, 6.45) is -8.01. The zero-order valence-corrected chi connectivity index (χ0v) is 14.6. The van der Waals surface area contributed by atoms with Crippen molar-refractivity contribution in [1.29, 1.82) is 0 Å². The highest BCUT2D eigenvalue weighted by Gasteiger charge is 2.95. The highest BCUT2D eigenvalue weighted by atomic mass is 19.4. The lowest BCUT2D eigenvalue weighted by molar-refractivity contribution is -0.460. The van der Waals surface area contributed by atoms with E-state index in [2.05, 4.69) is 4.74 Å². The van der Waals surface area contributed by atoms with Crippen LogP contribution in [0.15, 0.2) is 11.8 Å². The molecule has 0 amide bonds. The van der Waals surface area contributed by atoms with E-state index >= 15 is 0 Å². The topological polar surface area (TPSA) is 9.23 Å². The summed E-state index contributed by atoms with van der Waals surface area (Å²) in [5, 5.41) is 0. The predicted molar refractivity (Wildman–Crippen MR) is 66.1 cm³/mol. The Hall–Kier alpha value is -1.65. The summed E-state index contributed by atoms with van der Waals surface area (Å²) in [7, 11) is 0. The lowest BCUT2D eigenvalue weighted by Crippen LogP contribution is -2.74. The molecule has 0 aromatic carbocycles. The second-order valence-electron chi connectivity index (χ2n) is 5.60. The fourth-order valence-corrected chi connectivity index (χ4v) is 1.83. The second kappa shape index (κ2) is 7.74. The summed E-state index contributed by atoms with van der Waals surface area (Å²) in [5.41, 5.74) is 0. The molecule has 0 aliphatic rings. The number of halogens is 17. The van der Waals surface area contributed by atoms with E-state index in [4.69, 9.17) is 0 Å². The van der Waals surface area contributed by atoms with E-state index in [1.807, 2.05) is 0 Å². The second-order valence-corrected chi connectivity index (χ2v) is 5.60. The Morgan fingerprint density at radius 1 is 0.548 bits per heavy atom. The van der Waals surface area contributed by atoms with Crippen molar-refractivity contribution in [2.24, 2.45) is 0 Å². The monoisotopic (exact) mass is 504 g/mol. The van der Waals surface area contributed by atoms with Crippen molar-refractivity contribution in [1.82, 2.24) is 0 Å². The molecule has 0 aliphatic carbocycles. The SMILES string of the molecule is CC=C(OCC)C(F)(F)C(F)(F)C(F)(F)C(F)(F)C(F)(F)C(F)(F)C(F)(F)C(F)(F)F. The van der Waals surface area contributed by atoms with E-state index in [0.29, 0.717) is 6.92 Å². The van der Waals surface area contributed by atoms with E-state index in [1.54, 1.807) is 0 Å². The summed E-state index contributed by atoms with van der Waals surface area (Å²) in [5.74, 6) is -59.2. The standard InChI is InChI=1S/C13H9F17O/c1-3-5(31-4-2)6(14,15)7(16,17)8(18,19)9(20,21)10(22,23)11(24,25)12(26,27)13(28,29)30/h3H,4H2,1-2H3. The van der Waals surface area contributed by atoms with Crippen LogP contribution >= 0.6 is 0 Å². The van der Waals surface area contributed by atoms with Crippen LogP contribution in [0.5, 0.6) is 0 Å². The maximum Gasteiger partial charge on any atom is 0.460 e. The van der Waals surface area contributed by atoms with Crippen LogP contribution in [-0.4, -0.2) is 54.2 Å². The first-order chi connectivity index (χ1) is 13.3. The molecule has 0 saturated heterocycles. The molecule has 0 aromatic rings. The van der Waals surface area contributed by atoms with E-state index in [-0.39, 0.29) is 6.08 Å². The van der Waals surface area contributed by atoms with Crippen LogP contribution in [0.3, 0.4) is 0 Å². The van der Waals surface area contributed by atoms with Crippen molar-refractivity contribution in [2.75, 3.05) is 6.61 Å². The first kappa shape index (κ1) is 29.3. The van der Waals surface area contributed by atoms with Gasteiger partial charge >= 0.3 is 47.6 Å². The van der Waals surface area contributed by atoms with Gasteiger partial charge in [0, 0.05) is 0 Å². The molecule has 0 radical (unpaired) electrons. The smallest absolute Gasteiger partial charge is 0.460 e. The summed E-state index contributed by atoms with van der Waals surface area (Å²) in [6.45, 7) is 0.107. The summed E-state index contributed by atoms with van der Waals surface area (Å²) in [4.78, 5) is 0. The van der Waals surface area contributed by atoms with Crippen molar-refractivity contribution in [3.05, 3.63) is 11.8 Å². The summed E-state index contributed by atoms with van der Waals surface area (Å²) >= 11 is 0. The Balaban J connectivity index is 6.83. The molecule has 0 fully saturated rings. The van der Waals surface area contributed by atoms with Crippen LogP contribution in [0.2, 0.25) is 0 Å². The van der Waals surface area contributed by atoms with Crippen molar-refractivity contribution in [2.45, 2.75) is 61.5 Å². The van der Waals surface area contributed by atoms with Crippen molar-refractivity contribution in [3.8, 4) is 0 Å². The van der Waals surface area contributed by atoms with Crippen LogP contribution in [-0.2, 0) is 4.74 Å². The number of ether oxygens (including phenoxy) is 1. The fraction of sp³-hybridized carbons (Fsp3) is 0.846. The molecule has 0 spiro atoms.